The van der Waals surface area contributed by atoms with Crippen LogP contribution in [0.15, 0.2) is 28.9 Å². The van der Waals surface area contributed by atoms with Crippen LogP contribution in [0.2, 0.25) is 0 Å². The van der Waals surface area contributed by atoms with Crippen LogP contribution in [0.1, 0.15) is 11.3 Å². The van der Waals surface area contributed by atoms with Gasteiger partial charge in [-0.2, -0.15) is 5.26 Å². The Morgan fingerprint density at radius 3 is 2.67 bits per heavy atom. The predicted molar refractivity (Wildman–Crippen MR) is 50.4 cm³/mol. The van der Waals surface area contributed by atoms with E-state index in [1.807, 2.05) is 19.1 Å². The average molecular weight is 201 g/mol. The van der Waals surface area contributed by atoms with E-state index >= 15 is 0 Å². The van der Waals surface area contributed by atoms with Gasteiger partial charge >= 0.3 is 5.69 Å². The highest BCUT2D eigenvalue weighted by Crippen LogP contribution is 2.18. The number of rotatable bonds is 1. The summed E-state index contributed by atoms with van der Waals surface area (Å²) >= 11 is 0. The molecule has 0 radical (unpaired) electrons. The maximum Gasteiger partial charge on any atom is 0.325 e. The molecule has 0 unspecified atom stereocenters. The molecule has 1 aromatic heterocycles. The van der Waals surface area contributed by atoms with Crippen molar-refractivity contribution in [1.82, 2.24) is 5.16 Å². The van der Waals surface area contributed by atoms with Gasteiger partial charge in [0.25, 0.3) is 0 Å². The molecule has 0 amide bonds. The number of aromatic nitrogens is 2. The third-order valence-corrected chi connectivity index (χ3v) is 2.04. The summed E-state index contributed by atoms with van der Waals surface area (Å²) in [5.41, 5.74) is 1.84. The molecule has 15 heavy (non-hydrogen) atoms. The summed E-state index contributed by atoms with van der Waals surface area (Å²) in [5, 5.41) is 23.3. The third kappa shape index (κ3) is 1.53. The van der Waals surface area contributed by atoms with Gasteiger partial charge in [-0.25, -0.2) is 0 Å². The van der Waals surface area contributed by atoms with Crippen LogP contribution in [-0.2, 0) is 0 Å². The fraction of sp³-hybridized carbons (Fsp3) is 0.100. The van der Waals surface area contributed by atoms with Crippen LogP contribution in [0.3, 0.4) is 0 Å². The predicted octanol–water partition coefficient (Wildman–Crippen LogP) is 1.16. The van der Waals surface area contributed by atoms with Gasteiger partial charge in [0, 0.05) is 5.56 Å². The van der Waals surface area contributed by atoms with E-state index in [9.17, 15) is 5.21 Å². The van der Waals surface area contributed by atoms with Gasteiger partial charge in [0.2, 0.25) is 5.69 Å². The van der Waals surface area contributed by atoms with Gasteiger partial charge < -0.3 is 5.21 Å². The van der Waals surface area contributed by atoms with E-state index < -0.39 is 0 Å². The number of hydrogen-bond acceptors (Lipinski definition) is 4. The summed E-state index contributed by atoms with van der Waals surface area (Å²) in [4.78, 5) is 0.239. The molecule has 5 nitrogen and oxygen atoms in total. The van der Waals surface area contributed by atoms with Crippen LogP contribution in [-0.4, -0.2) is 5.16 Å². The largest absolute Gasteiger partial charge is 0.359 e. The highest BCUT2D eigenvalue weighted by Gasteiger charge is 2.20. The Bertz CT molecular complexity index is 523. The van der Waals surface area contributed by atoms with Gasteiger partial charge in [-0.1, -0.05) is 29.8 Å². The van der Waals surface area contributed by atoms with E-state index in [1.54, 1.807) is 18.2 Å². The molecule has 1 heterocycles. The minimum absolute atomic E-state index is 0.00569. The summed E-state index contributed by atoms with van der Waals surface area (Å²) in [6.45, 7) is 1.94. The number of nitriles is 1. The van der Waals surface area contributed by atoms with E-state index in [4.69, 9.17) is 5.26 Å². The molecule has 0 aliphatic heterocycles. The topological polar surface area (TPSA) is 76.8 Å². The number of aryl methyl sites for hydroxylation is 1. The molecular weight excluding hydrogens is 194 g/mol. The molecule has 0 spiro atoms. The summed E-state index contributed by atoms with van der Waals surface area (Å²) in [5.74, 6) is 0. The second-order valence-electron chi connectivity index (χ2n) is 3.11. The SMILES string of the molecule is Cc1ccc(-c2c(C#N)no[n+]2[O-])cc1. The van der Waals surface area contributed by atoms with Crippen molar-refractivity contribution in [3.8, 4) is 17.3 Å². The summed E-state index contributed by atoms with van der Waals surface area (Å²) in [6.07, 6.45) is 0. The standard InChI is InChI=1S/C10H7N3O2/c1-7-2-4-8(5-3-7)10-9(6-11)12-15-13(10)14/h2-5H,1H3. The molecule has 2 rings (SSSR count). The first-order chi connectivity index (χ1) is 7.22. The summed E-state index contributed by atoms with van der Waals surface area (Å²) in [6, 6.07) is 9.00. The lowest BCUT2D eigenvalue weighted by molar-refractivity contribution is -0.793. The van der Waals surface area contributed by atoms with Crippen LogP contribution < -0.4 is 4.90 Å². The Morgan fingerprint density at radius 2 is 2.07 bits per heavy atom. The van der Waals surface area contributed by atoms with Crippen LogP contribution in [0, 0.1) is 23.5 Å². The Kier molecular flexibility index (Phi) is 2.10. The van der Waals surface area contributed by atoms with Crippen molar-refractivity contribution in [2.24, 2.45) is 0 Å². The fourth-order valence-corrected chi connectivity index (χ4v) is 1.28. The highest BCUT2D eigenvalue weighted by atomic mass is 16.8. The molecule has 0 aliphatic rings. The van der Waals surface area contributed by atoms with Crippen molar-refractivity contribution in [1.29, 1.82) is 5.26 Å². The van der Waals surface area contributed by atoms with Crippen molar-refractivity contribution >= 4 is 0 Å². The Hall–Kier alpha value is -2.35. The molecular formula is C10H7N3O2. The second kappa shape index (κ2) is 3.42. The maximum atomic E-state index is 11.2. The molecule has 0 saturated heterocycles. The van der Waals surface area contributed by atoms with E-state index in [0.29, 0.717) is 5.56 Å². The van der Waals surface area contributed by atoms with Gasteiger partial charge in [-0.3, -0.25) is 4.63 Å². The van der Waals surface area contributed by atoms with Gasteiger partial charge in [-0.05, 0) is 11.8 Å². The number of hydrogen-bond donors (Lipinski definition) is 0. The van der Waals surface area contributed by atoms with Crippen molar-refractivity contribution in [2.75, 3.05) is 0 Å². The second-order valence-corrected chi connectivity index (χ2v) is 3.11. The lowest BCUT2D eigenvalue weighted by atomic mass is 10.1. The molecule has 0 bridgehead atoms. The van der Waals surface area contributed by atoms with Gasteiger partial charge in [-0.15, -0.1) is 0 Å². The molecule has 2 aromatic rings. The number of benzene rings is 1. The molecule has 5 heteroatoms. The fourth-order valence-electron chi connectivity index (χ4n) is 1.28. The molecule has 0 N–H and O–H groups in total. The van der Waals surface area contributed by atoms with Crippen molar-refractivity contribution in [3.63, 3.8) is 0 Å². The maximum absolute atomic E-state index is 11.2. The van der Waals surface area contributed by atoms with E-state index in [1.165, 1.54) is 0 Å². The van der Waals surface area contributed by atoms with Crippen molar-refractivity contribution < 1.29 is 9.53 Å². The van der Waals surface area contributed by atoms with E-state index in [-0.39, 0.29) is 16.3 Å². The van der Waals surface area contributed by atoms with Gasteiger partial charge in [0.1, 0.15) is 0 Å². The van der Waals surface area contributed by atoms with Gasteiger partial charge in [0.15, 0.2) is 6.07 Å². The minimum atomic E-state index is -0.00569. The smallest absolute Gasteiger partial charge is 0.325 e. The third-order valence-electron chi connectivity index (χ3n) is 2.04. The minimum Gasteiger partial charge on any atom is -0.359 e. The molecule has 0 aliphatic carbocycles. The molecule has 0 fully saturated rings. The van der Waals surface area contributed by atoms with E-state index in [0.717, 1.165) is 5.56 Å². The lowest BCUT2D eigenvalue weighted by Gasteiger charge is -1.97. The van der Waals surface area contributed by atoms with Crippen LogP contribution in [0.4, 0.5) is 0 Å². The first kappa shape index (κ1) is 9.21. The average Bonchev–Trinajstić information content (AvgIpc) is 2.61. The highest BCUT2D eigenvalue weighted by molar-refractivity contribution is 5.61. The van der Waals surface area contributed by atoms with Crippen LogP contribution in [0.5, 0.6) is 0 Å². The quantitative estimate of drug-likeness (QED) is 0.648. The zero-order valence-corrected chi connectivity index (χ0v) is 7.97. The molecule has 0 saturated carbocycles. The first-order valence-electron chi connectivity index (χ1n) is 4.29. The zero-order valence-electron chi connectivity index (χ0n) is 7.97. The lowest BCUT2D eigenvalue weighted by Crippen LogP contribution is -2.25. The molecule has 0 atom stereocenters. The zero-order chi connectivity index (χ0) is 10.8. The monoisotopic (exact) mass is 201 g/mol. The first-order valence-corrected chi connectivity index (χ1v) is 4.29. The summed E-state index contributed by atoms with van der Waals surface area (Å²) in [7, 11) is 0. The van der Waals surface area contributed by atoms with Crippen molar-refractivity contribution in [2.45, 2.75) is 6.92 Å². The normalized spacial score (nSPS) is 9.87. The molecule has 74 valence electrons. The number of nitrogens with zero attached hydrogens (tertiary/aromatic N) is 3. The van der Waals surface area contributed by atoms with Crippen molar-refractivity contribution in [3.05, 3.63) is 40.7 Å². The Morgan fingerprint density at radius 1 is 1.40 bits per heavy atom. The molecule has 1 aromatic carbocycles. The van der Waals surface area contributed by atoms with Crippen LogP contribution in [0.25, 0.3) is 11.3 Å². The summed E-state index contributed by atoms with van der Waals surface area (Å²) < 4.78 is 4.36. The van der Waals surface area contributed by atoms with Crippen LogP contribution >= 0.6 is 0 Å². The Balaban J connectivity index is 2.59. The van der Waals surface area contributed by atoms with E-state index in [2.05, 4.69) is 9.79 Å². The van der Waals surface area contributed by atoms with Gasteiger partial charge in [0.05, 0.1) is 5.16 Å². The Labute approximate surface area is 85.7 Å².